The van der Waals surface area contributed by atoms with Crippen LogP contribution in [0.15, 0.2) is 0 Å². The molecular weight excluding hydrogens is 350 g/mol. The largest absolute Gasteiger partial charge is 0.520 e. The highest BCUT2D eigenvalue weighted by Crippen LogP contribution is 2.01. The zero-order chi connectivity index (χ0) is 21.2. The summed E-state index contributed by atoms with van der Waals surface area (Å²) in [5, 5.41) is 0. The van der Waals surface area contributed by atoms with E-state index in [9.17, 15) is 19.2 Å². The Hall–Kier alpha value is -2.10. The average molecular weight is 384 g/mol. The van der Waals surface area contributed by atoms with E-state index in [0.717, 1.165) is 0 Å². The summed E-state index contributed by atoms with van der Waals surface area (Å²) in [4.78, 5) is 41.2. The van der Waals surface area contributed by atoms with Crippen LogP contribution in [0.5, 0.6) is 0 Å². The number of hydrogen-bond donors (Lipinski definition) is 0. The summed E-state index contributed by atoms with van der Waals surface area (Å²) in [5.41, 5.74) is 0. The lowest BCUT2D eigenvalue weighted by Gasteiger charge is -2.14. The first-order valence-corrected chi connectivity index (χ1v) is 10.6. The Morgan fingerprint density at radius 1 is 0.720 bits per heavy atom. The predicted molar refractivity (Wildman–Crippen MR) is 96.6 cm³/mol. The molecule has 0 aliphatic heterocycles. The zero-order valence-electron chi connectivity index (χ0n) is 17.2. The summed E-state index contributed by atoms with van der Waals surface area (Å²) in [6.45, 7) is 10.3. The minimum absolute atomic E-state index is 0.0926. The molecule has 0 aromatic carbocycles. The van der Waals surface area contributed by atoms with Crippen LogP contribution < -0.4 is 0 Å². The molecule has 0 aliphatic carbocycles. The van der Waals surface area contributed by atoms with E-state index in [4.69, 9.17) is 4.43 Å². The molecule has 1 amide bonds. The van der Waals surface area contributed by atoms with Crippen molar-refractivity contribution in [1.29, 1.82) is 0 Å². The van der Waals surface area contributed by atoms with Crippen molar-refractivity contribution in [2.24, 2.45) is 0 Å². The zero-order valence-corrected chi connectivity index (χ0v) is 18.2. The molecule has 0 fully saturated rings. The first-order valence-electron chi connectivity index (χ1n) is 7.18. The first-order chi connectivity index (χ1) is 11.1. The number of carbonyl (C=O) groups excluding carboxylic acids is 4. The van der Waals surface area contributed by atoms with Crippen LogP contribution in [0.4, 0.5) is 4.79 Å². The second-order valence-corrected chi connectivity index (χ2v) is 9.90. The smallest absolute Gasteiger partial charge is 0.507 e. The lowest BCUT2D eigenvalue weighted by molar-refractivity contribution is -0.138. The fourth-order valence-corrected chi connectivity index (χ4v) is 1.38. The van der Waals surface area contributed by atoms with Crippen LogP contribution in [0.2, 0.25) is 19.6 Å². The van der Waals surface area contributed by atoms with Gasteiger partial charge in [0.25, 0.3) is 5.97 Å². The SMILES string of the molecule is CC(=O)N(C)C.CC(=O)O[Si](C)(C)C.COC(=O)OC.COC(C)=O. The van der Waals surface area contributed by atoms with Gasteiger partial charge < -0.3 is 23.5 Å². The number of methoxy groups -OCH3 is 3. The van der Waals surface area contributed by atoms with Gasteiger partial charge in [-0.05, 0) is 19.6 Å². The topological polar surface area (TPSA) is 108 Å². The van der Waals surface area contributed by atoms with Gasteiger partial charge in [-0.2, -0.15) is 0 Å². The van der Waals surface area contributed by atoms with Crippen molar-refractivity contribution in [1.82, 2.24) is 4.90 Å². The Balaban J connectivity index is -0.000000119. The van der Waals surface area contributed by atoms with E-state index in [-0.39, 0.29) is 17.8 Å². The number of hydrogen-bond acceptors (Lipinski definition) is 8. The summed E-state index contributed by atoms with van der Waals surface area (Å²) < 4.78 is 17.1. The second kappa shape index (κ2) is 18.2. The third kappa shape index (κ3) is 52.1. The van der Waals surface area contributed by atoms with Gasteiger partial charge in [0, 0.05) is 34.9 Å². The van der Waals surface area contributed by atoms with Crippen molar-refractivity contribution in [3.63, 3.8) is 0 Å². The van der Waals surface area contributed by atoms with Crippen LogP contribution in [0.3, 0.4) is 0 Å². The number of esters is 1. The number of rotatable bonds is 1. The van der Waals surface area contributed by atoms with Gasteiger partial charge in [0.05, 0.1) is 21.3 Å². The van der Waals surface area contributed by atoms with Crippen LogP contribution in [0, 0.1) is 0 Å². The van der Waals surface area contributed by atoms with Gasteiger partial charge in [0.1, 0.15) is 0 Å². The van der Waals surface area contributed by atoms with Crippen LogP contribution in [-0.2, 0) is 33.0 Å². The minimum Gasteiger partial charge on any atom is -0.520 e. The molecule has 0 aromatic heterocycles. The maximum atomic E-state index is 10.3. The number of ether oxygens (including phenoxy) is 3. The highest BCUT2D eigenvalue weighted by Gasteiger charge is 2.16. The average Bonchev–Trinajstić information content (AvgIpc) is 2.45. The molecule has 0 unspecified atom stereocenters. The van der Waals surface area contributed by atoms with E-state index in [1.54, 1.807) is 14.1 Å². The van der Waals surface area contributed by atoms with E-state index >= 15 is 0 Å². The lowest BCUT2D eigenvalue weighted by atomic mass is 10.7. The fourth-order valence-electron chi connectivity index (χ4n) is 0.515. The number of carbonyl (C=O) groups is 4. The van der Waals surface area contributed by atoms with E-state index in [1.165, 1.54) is 47.0 Å². The molecule has 25 heavy (non-hydrogen) atoms. The molecule has 0 rings (SSSR count). The molecule has 0 atom stereocenters. The van der Waals surface area contributed by atoms with Crippen molar-refractivity contribution in [2.45, 2.75) is 40.4 Å². The van der Waals surface area contributed by atoms with Crippen molar-refractivity contribution in [2.75, 3.05) is 35.4 Å². The van der Waals surface area contributed by atoms with E-state index in [1.807, 2.05) is 19.6 Å². The molecule has 0 saturated carbocycles. The second-order valence-electron chi connectivity index (χ2n) is 5.47. The number of nitrogens with zero attached hydrogens (tertiary/aromatic N) is 1. The summed E-state index contributed by atoms with van der Waals surface area (Å²) >= 11 is 0. The summed E-state index contributed by atoms with van der Waals surface area (Å²) in [6, 6.07) is 0. The summed E-state index contributed by atoms with van der Waals surface area (Å²) in [7, 11) is 5.74. The molecule has 9 nitrogen and oxygen atoms in total. The van der Waals surface area contributed by atoms with Gasteiger partial charge >= 0.3 is 12.1 Å². The van der Waals surface area contributed by atoms with Crippen LogP contribution >= 0.6 is 0 Å². The molecule has 0 heterocycles. The summed E-state index contributed by atoms with van der Waals surface area (Å²) in [5.74, 6) is -0.316. The van der Waals surface area contributed by atoms with E-state index in [0.29, 0.717) is 0 Å². The lowest BCUT2D eigenvalue weighted by Crippen LogP contribution is -2.27. The Morgan fingerprint density at radius 2 is 1.00 bits per heavy atom. The van der Waals surface area contributed by atoms with Crippen molar-refractivity contribution >= 4 is 32.3 Å². The monoisotopic (exact) mass is 383 g/mol. The van der Waals surface area contributed by atoms with Crippen molar-refractivity contribution in [3.8, 4) is 0 Å². The quantitative estimate of drug-likeness (QED) is 0.500. The Labute approximate surface area is 151 Å². The van der Waals surface area contributed by atoms with Gasteiger partial charge in [-0.3, -0.25) is 14.4 Å². The number of amides is 1. The fraction of sp³-hybridized carbons (Fsp3) is 0.733. The Bertz CT molecular complexity index is 383. The van der Waals surface area contributed by atoms with Crippen molar-refractivity contribution in [3.05, 3.63) is 0 Å². The first kappa shape index (κ1) is 30.7. The van der Waals surface area contributed by atoms with Gasteiger partial charge in [-0.25, -0.2) is 4.79 Å². The van der Waals surface area contributed by atoms with Gasteiger partial charge in [-0.15, -0.1) is 0 Å². The van der Waals surface area contributed by atoms with Crippen LogP contribution in [0.25, 0.3) is 0 Å². The maximum absolute atomic E-state index is 10.3. The minimum atomic E-state index is -1.57. The molecule has 0 spiro atoms. The molecule has 150 valence electrons. The highest BCUT2D eigenvalue weighted by molar-refractivity contribution is 6.71. The molecule has 0 N–H and O–H groups in total. The predicted octanol–water partition coefficient (Wildman–Crippen LogP) is 2.06. The van der Waals surface area contributed by atoms with Gasteiger partial charge in [-0.1, -0.05) is 0 Å². The van der Waals surface area contributed by atoms with E-state index in [2.05, 4.69) is 14.2 Å². The third-order valence-electron chi connectivity index (χ3n) is 1.70. The molecule has 0 aliphatic rings. The molecule has 0 saturated heterocycles. The van der Waals surface area contributed by atoms with Crippen LogP contribution in [-0.4, -0.2) is 72.6 Å². The molecule has 10 heteroatoms. The molecule has 0 radical (unpaired) electrons. The molecular formula is C15H33NO8Si. The third-order valence-corrected chi connectivity index (χ3v) is 2.60. The van der Waals surface area contributed by atoms with Gasteiger partial charge in [0.2, 0.25) is 14.2 Å². The van der Waals surface area contributed by atoms with Crippen molar-refractivity contribution < 1.29 is 37.8 Å². The normalized spacial score (nSPS) is 8.44. The maximum Gasteiger partial charge on any atom is 0.507 e. The summed E-state index contributed by atoms with van der Waals surface area (Å²) in [6.07, 6.45) is -0.657. The Kier molecular flexibility index (Phi) is 22.4. The molecule has 0 aromatic rings. The molecule has 0 bridgehead atoms. The Morgan fingerprint density at radius 3 is 1.00 bits per heavy atom. The highest BCUT2D eigenvalue weighted by atomic mass is 28.4. The van der Waals surface area contributed by atoms with E-state index < -0.39 is 14.5 Å². The van der Waals surface area contributed by atoms with Crippen LogP contribution in [0.1, 0.15) is 20.8 Å². The standard InChI is InChI=1S/C5H12O2Si.C4H9NO.C3H6O3.C3H6O2/c1-5(6)7-8(2,3)4;1-4(6)5(2)3;1-5-3(4)6-2;1-3(4)5-2/h1-4H3;1-3H3;1-2H3;1-2H3. The van der Waals surface area contributed by atoms with Gasteiger partial charge in [0.15, 0.2) is 0 Å².